The van der Waals surface area contributed by atoms with E-state index in [1.165, 1.54) is 0 Å². The molecule has 1 N–H and O–H groups in total. The highest BCUT2D eigenvalue weighted by molar-refractivity contribution is 6.31. The number of aromatic nitrogens is 2. The maximum atomic E-state index is 12.0. The fourth-order valence-corrected chi connectivity index (χ4v) is 2.91. The van der Waals surface area contributed by atoms with Crippen molar-refractivity contribution in [2.75, 3.05) is 19.6 Å². The number of amides is 2. The van der Waals surface area contributed by atoms with Crippen LogP contribution >= 0.6 is 11.6 Å². The summed E-state index contributed by atoms with van der Waals surface area (Å²) < 4.78 is 5.39. The first kappa shape index (κ1) is 17.4. The second-order valence-electron chi connectivity index (χ2n) is 5.86. The molecule has 0 aliphatic carbocycles. The van der Waals surface area contributed by atoms with E-state index >= 15 is 0 Å². The fraction of sp³-hybridized carbons (Fsp3) is 0.412. The van der Waals surface area contributed by atoms with E-state index in [1.54, 1.807) is 6.07 Å². The van der Waals surface area contributed by atoms with Gasteiger partial charge >= 0.3 is 11.8 Å². The lowest BCUT2D eigenvalue weighted by Gasteiger charge is -2.14. The van der Waals surface area contributed by atoms with E-state index in [0.717, 1.165) is 18.5 Å². The van der Waals surface area contributed by atoms with Gasteiger partial charge in [-0.25, -0.2) is 0 Å². The Labute approximate surface area is 150 Å². The molecular weight excluding hydrogens is 344 g/mol. The van der Waals surface area contributed by atoms with E-state index in [2.05, 4.69) is 15.5 Å². The Morgan fingerprint density at radius 3 is 2.92 bits per heavy atom. The van der Waals surface area contributed by atoms with Crippen molar-refractivity contribution in [3.05, 3.63) is 46.6 Å². The fourth-order valence-electron chi connectivity index (χ4n) is 2.71. The first-order valence-corrected chi connectivity index (χ1v) is 8.63. The van der Waals surface area contributed by atoms with E-state index in [1.807, 2.05) is 23.1 Å². The van der Waals surface area contributed by atoms with E-state index in [4.69, 9.17) is 16.0 Å². The van der Waals surface area contributed by atoms with Gasteiger partial charge in [-0.2, -0.15) is 0 Å². The minimum absolute atomic E-state index is 0.0701. The molecular formula is C17H19ClN4O3. The van der Waals surface area contributed by atoms with Crippen LogP contribution in [0.4, 0.5) is 0 Å². The highest BCUT2D eigenvalue weighted by Gasteiger charge is 2.19. The average molecular weight is 363 g/mol. The number of carbonyl (C=O) groups excluding carboxylic acids is 2. The quantitative estimate of drug-likeness (QED) is 0.761. The molecule has 25 heavy (non-hydrogen) atoms. The maximum absolute atomic E-state index is 12.0. The summed E-state index contributed by atoms with van der Waals surface area (Å²) in [5.74, 6) is 0.0401. The lowest BCUT2D eigenvalue weighted by atomic mass is 10.1. The van der Waals surface area contributed by atoms with E-state index in [-0.39, 0.29) is 11.8 Å². The first-order valence-electron chi connectivity index (χ1n) is 8.25. The predicted molar refractivity (Wildman–Crippen MR) is 91.3 cm³/mol. The van der Waals surface area contributed by atoms with Crippen LogP contribution in [0.15, 0.2) is 28.7 Å². The summed E-state index contributed by atoms with van der Waals surface area (Å²) in [6.45, 7) is 1.91. The van der Waals surface area contributed by atoms with Gasteiger partial charge in [0.1, 0.15) is 0 Å². The Hall–Kier alpha value is -2.41. The summed E-state index contributed by atoms with van der Waals surface area (Å²) >= 11 is 6.10. The number of benzene rings is 1. The third-order valence-electron chi connectivity index (χ3n) is 4.02. The second-order valence-corrected chi connectivity index (χ2v) is 6.27. The normalized spacial score (nSPS) is 14.1. The van der Waals surface area contributed by atoms with Crippen molar-refractivity contribution in [1.29, 1.82) is 0 Å². The molecule has 8 heteroatoms. The number of nitrogens with one attached hydrogen (secondary N) is 1. The molecule has 7 nitrogen and oxygen atoms in total. The molecule has 2 aromatic rings. The van der Waals surface area contributed by atoms with Crippen LogP contribution in [0.3, 0.4) is 0 Å². The molecule has 3 rings (SSSR count). The lowest BCUT2D eigenvalue weighted by molar-refractivity contribution is -0.127. The van der Waals surface area contributed by atoms with Crippen LogP contribution in [0.1, 0.15) is 41.4 Å². The first-order chi connectivity index (χ1) is 12.1. The smallest absolute Gasteiger partial charge is 0.308 e. The van der Waals surface area contributed by atoms with Crippen LogP contribution in [0, 0.1) is 0 Å². The predicted octanol–water partition coefficient (Wildman–Crippen LogP) is 2.06. The molecule has 0 saturated carbocycles. The van der Waals surface area contributed by atoms with Crippen molar-refractivity contribution in [2.45, 2.75) is 25.7 Å². The molecule has 2 heterocycles. The van der Waals surface area contributed by atoms with Gasteiger partial charge < -0.3 is 14.6 Å². The average Bonchev–Trinajstić information content (AvgIpc) is 3.23. The Balaban J connectivity index is 1.46. The van der Waals surface area contributed by atoms with Gasteiger partial charge in [-0.15, -0.1) is 10.2 Å². The van der Waals surface area contributed by atoms with Gasteiger partial charge in [-0.1, -0.05) is 29.8 Å². The Morgan fingerprint density at radius 2 is 2.16 bits per heavy atom. The molecule has 0 unspecified atom stereocenters. The summed E-state index contributed by atoms with van der Waals surface area (Å²) in [6, 6.07) is 7.36. The van der Waals surface area contributed by atoms with Crippen molar-refractivity contribution in [3.8, 4) is 0 Å². The zero-order valence-electron chi connectivity index (χ0n) is 13.7. The van der Waals surface area contributed by atoms with Gasteiger partial charge in [0.2, 0.25) is 11.8 Å². The maximum Gasteiger partial charge on any atom is 0.308 e. The molecule has 2 amide bonds. The lowest BCUT2D eigenvalue weighted by Crippen LogP contribution is -2.30. The summed E-state index contributed by atoms with van der Waals surface area (Å²) in [7, 11) is 0. The standard InChI is InChI=1S/C17H19ClN4O3/c18-13-6-2-1-5-12(13)11-14-20-21-17(25-14)16(24)19-8-4-10-22-9-3-7-15(22)23/h1-2,5-6H,3-4,7-11H2,(H,19,24). The number of nitrogens with zero attached hydrogens (tertiary/aromatic N) is 3. The van der Waals surface area contributed by atoms with Gasteiger partial charge in [0.25, 0.3) is 0 Å². The van der Waals surface area contributed by atoms with Crippen molar-refractivity contribution >= 4 is 23.4 Å². The number of hydrogen-bond donors (Lipinski definition) is 1. The third kappa shape index (κ3) is 4.57. The highest BCUT2D eigenvalue weighted by Crippen LogP contribution is 2.18. The summed E-state index contributed by atoms with van der Waals surface area (Å²) in [5, 5.41) is 11.0. The second kappa shape index (κ2) is 8.11. The number of likely N-dealkylation sites (tertiary alicyclic amines) is 1. The number of rotatable bonds is 7. The molecule has 1 fully saturated rings. The topological polar surface area (TPSA) is 88.3 Å². The van der Waals surface area contributed by atoms with E-state index in [9.17, 15) is 9.59 Å². The zero-order chi connectivity index (χ0) is 17.6. The zero-order valence-corrected chi connectivity index (χ0v) is 14.5. The van der Waals surface area contributed by atoms with E-state index < -0.39 is 5.91 Å². The van der Waals surface area contributed by atoms with Crippen LogP contribution in [0.2, 0.25) is 5.02 Å². The third-order valence-corrected chi connectivity index (χ3v) is 4.39. The summed E-state index contributed by atoms with van der Waals surface area (Å²) in [5.41, 5.74) is 0.857. The Morgan fingerprint density at radius 1 is 1.32 bits per heavy atom. The Kier molecular flexibility index (Phi) is 5.65. The van der Waals surface area contributed by atoms with Crippen LogP contribution in [-0.4, -0.2) is 46.5 Å². The molecule has 1 aliphatic rings. The van der Waals surface area contributed by atoms with Crippen LogP contribution in [0.25, 0.3) is 0 Å². The van der Waals surface area contributed by atoms with Crippen LogP contribution in [0.5, 0.6) is 0 Å². The number of hydrogen-bond acceptors (Lipinski definition) is 5. The largest absolute Gasteiger partial charge is 0.417 e. The van der Waals surface area contributed by atoms with Crippen molar-refractivity contribution < 1.29 is 14.0 Å². The van der Waals surface area contributed by atoms with E-state index in [0.29, 0.717) is 43.3 Å². The number of halogens is 1. The van der Waals surface area contributed by atoms with Crippen LogP contribution < -0.4 is 5.32 Å². The SMILES string of the molecule is O=C(NCCCN1CCCC1=O)c1nnc(Cc2ccccc2Cl)o1. The van der Waals surface area contributed by atoms with Gasteiger partial charge in [0.15, 0.2) is 0 Å². The molecule has 0 radical (unpaired) electrons. The molecule has 132 valence electrons. The minimum Gasteiger partial charge on any atom is -0.417 e. The van der Waals surface area contributed by atoms with Gasteiger partial charge in [-0.05, 0) is 24.5 Å². The number of carbonyl (C=O) groups is 2. The molecule has 1 aliphatic heterocycles. The van der Waals surface area contributed by atoms with Gasteiger partial charge in [0.05, 0.1) is 6.42 Å². The van der Waals surface area contributed by atoms with Gasteiger partial charge in [-0.3, -0.25) is 9.59 Å². The van der Waals surface area contributed by atoms with Gasteiger partial charge in [0, 0.05) is 31.1 Å². The molecule has 1 saturated heterocycles. The van der Waals surface area contributed by atoms with Crippen LogP contribution in [-0.2, 0) is 11.2 Å². The summed E-state index contributed by atoms with van der Waals surface area (Å²) in [4.78, 5) is 25.3. The molecule has 0 atom stereocenters. The highest BCUT2D eigenvalue weighted by atomic mass is 35.5. The Bertz CT molecular complexity index is 762. The van der Waals surface area contributed by atoms with Crippen molar-refractivity contribution in [1.82, 2.24) is 20.4 Å². The minimum atomic E-state index is -0.411. The molecule has 1 aromatic carbocycles. The molecule has 0 spiro atoms. The molecule has 0 bridgehead atoms. The monoisotopic (exact) mass is 362 g/mol. The van der Waals surface area contributed by atoms with Crippen molar-refractivity contribution in [3.63, 3.8) is 0 Å². The van der Waals surface area contributed by atoms with Crippen molar-refractivity contribution in [2.24, 2.45) is 0 Å². The molecule has 1 aromatic heterocycles. The summed E-state index contributed by atoms with van der Waals surface area (Å²) in [6.07, 6.45) is 2.61.